The van der Waals surface area contributed by atoms with Crippen molar-refractivity contribution in [3.8, 4) is 0 Å². The zero-order valence-electron chi connectivity index (χ0n) is 8.62. The average molecular weight is 347 g/mol. The van der Waals surface area contributed by atoms with Gasteiger partial charge in [0, 0.05) is 19.3 Å². The molecule has 0 aliphatic rings. The Labute approximate surface area is 111 Å². The van der Waals surface area contributed by atoms with Crippen molar-refractivity contribution in [2.24, 2.45) is 0 Å². The predicted molar refractivity (Wildman–Crippen MR) is 74.9 cm³/mol. The highest BCUT2D eigenvalue weighted by Crippen LogP contribution is 2.32. The summed E-state index contributed by atoms with van der Waals surface area (Å²) in [7, 11) is 0. The number of carbonyl (C=O) groups is 1. The molecule has 1 aromatic carbocycles. The van der Waals surface area contributed by atoms with E-state index < -0.39 is 0 Å². The lowest BCUT2D eigenvalue weighted by atomic mass is 10.2. The highest BCUT2D eigenvalue weighted by atomic mass is 127. The van der Waals surface area contributed by atoms with Gasteiger partial charge in [-0.05, 0) is 47.7 Å². The van der Waals surface area contributed by atoms with E-state index in [1.807, 2.05) is 18.2 Å². The van der Waals surface area contributed by atoms with E-state index in [2.05, 4.69) is 22.6 Å². The third-order valence-corrected chi connectivity index (χ3v) is 4.43. The molecule has 2 N–H and O–H groups in total. The average Bonchev–Trinajstić information content (AvgIpc) is 2.69. The van der Waals surface area contributed by atoms with Gasteiger partial charge in [0.1, 0.15) is 4.88 Å². The summed E-state index contributed by atoms with van der Waals surface area (Å²) >= 11 is 3.62. The first-order valence-corrected chi connectivity index (χ1v) is 6.67. The number of fused-ring (bicyclic) bond motifs is 1. The highest BCUT2D eigenvalue weighted by Gasteiger charge is 2.13. The molecule has 0 unspecified atom stereocenters. The minimum atomic E-state index is -0.266. The van der Waals surface area contributed by atoms with Crippen LogP contribution in [0.25, 0.3) is 10.1 Å². The second-order valence-corrected chi connectivity index (χ2v) is 5.37. The van der Waals surface area contributed by atoms with Crippen molar-refractivity contribution < 1.29 is 9.53 Å². The molecular formula is C11H10INO2S. The molecule has 84 valence electrons. The van der Waals surface area contributed by atoms with Crippen LogP contribution in [0.5, 0.6) is 0 Å². The van der Waals surface area contributed by atoms with Crippen molar-refractivity contribution in [3.05, 3.63) is 26.6 Å². The van der Waals surface area contributed by atoms with Crippen molar-refractivity contribution in [2.45, 2.75) is 6.92 Å². The molecule has 5 heteroatoms. The van der Waals surface area contributed by atoms with Crippen LogP contribution in [0.15, 0.2) is 18.2 Å². The van der Waals surface area contributed by atoms with Crippen LogP contribution in [0.4, 0.5) is 5.69 Å². The molecule has 0 radical (unpaired) electrons. The Hall–Kier alpha value is -0.820. The smallest absolute Gasteiger partial charge is 0.348 e. The van der Waals surface area contributed by atoms with Crippen LogP contribution in [0.2, 0.25) is 0 Å². The maximum absolute atomic E-state index is 11.6. The Bertz CT molecular complexity index is 550. The monoisotopic (exact) mass is 347 g/mol. The predicted octanol–water partition coefficient (Wildman–Crippen LogP) is 3.26. The van der Waals surface area contributed by atoms with Crippen molar-refractivity contribution in [3.63, 3.8) is 0 Å². The van der Waals surface area contributed by atoms with Crippen LogP contribution in [0.3, 0.4) is 0 Å². The maximum atomic E-state index is 11.6. The van der Waals surface area contributed by atoms with Gasteiger partial charge in [0.2, 0.25) is 0 Å². The van der Waals surface area contributed by atoms with Crippen LogP contribution in [-0.2, 0) is 4.74 Å². The Kier molecular flexibility index (Phi) is 3.34. The van der Waals surface area contributed by atoms with E-state index in [9.17, 15) is 4.79 Å². The van der Waals surface area contributed by atoms with Crippen LogP contribution in [0, 0.1) is 3.57 Å². The second-order valence-electron chi connectivity index (χ2n) is 3.21. The minimum Gasteiger partial charge on any atom is -0.462 e. The number of halogens is 1. The molecule has 0 bridgehead atoms. The van der Waals surface area contributed by atoms with Gasteiger partial charge in [-0.15, -0.1) is 11.3 Å². The van der Waals surface area contributed by atoms with E-state index >= 15 is 0 Å². The molecule has 0 atom stereocenters. The van der Waals surface area contributed by atoms with Crippen LogP contribution in [-0.4, -0.2) is 12.6 Å². The third-order valence-electron chi connectivity index (χ3n) is 2.14. The molecule has 0 spiro atoms. The lowest BCUT2D eigenvalue weighted by molar-refractivity contribution is 0.0532. The van der Waals surface area contributed by atoms with Gasteiger partial charge in [0.15, 0.2) is 0 Å². The largest absolute Gasteiger partial charge is 0.462 e. The Morgan fingerprint density at radius 3 is 3.00 bits per heavy atom. The van der Waals surface area contributed by atoms with Gasteiger partial charge in [-0.1, -0.05) is 0 Å². The SMILES string of the molecule is CCOC(=O)c1cc2c(I)c(N)ccc2s1. The van der Waals surface area contributed by atoms with E-state index in [-0.39, 0.29) is 5.97 Å². The minimum absolute atomic E-state index is 0.266. The first-order chi connectivity index (χ1) is 7.63. The number of rotatable bonds is 2. The zero-order valence-corrected chi connectivity index (χ0v) is 11.6. The van der Waals surface area contributed by atoms with E-state index in [0.717, 1.165) is 19.3 Å². The van der Waals surface area contributed by atoms with Crippen LogP contribution < -0.4 is 5.73 Å². The number of anilines is 1. The topological polar surface area (TPSA) is 52.3 Å². The molecule has 0 saturated carbocycles. The number of nitrogens with two attached hydrogens (primary N) is 1. The molecule has 2 rings (SSSR count). The highest BCUT2D eigenvalue weighted by molar-refractivity contribution is 14.1. The van der Waals surface area contributed by atoms with Gasteiger partial charge in [0.05, 0.1) is 6.61 Å². The summed E-state index contributed by atoms with van der Waals surface area (Å²) in [6.45, 7) is 2.19. The third kappa shape index (κ3) is 2.01. The fraction of sp³-hybridized carbons (Fsp3) is 0.182. The molecule has 0 aliphatic heterocycles. The first-order valence-electron chi connectivity index (χ1n) is 4.78. The van der Waals surface area contributed by atoms with Gasteiger partial charge in [-0.3, -0.25) is 0 Å². The molecule has 0 aliphatic carbocycles. The summed E-state index contributed by atoms with van der Waals surface area (Å²) in [6, 6.07) is 5.63. The Morgan fingerprint density at radius 2 is 2.31 bits per heavy atom. The van der Waals surface area contributed by atoms with Gasteiger partial charge < -0.3 is 10.5 Å². The van der Waals surface area contributed by atoms with Gasteiger partial charge in [-0.25, -0.2) is 4.79 Å². The standard InChI is InChI=1S/C11H10INO2S/c1-2-15-11(14)9-5-6-8(16-9)4-3-7(13)10(6)12/h3-5H,2,13H2,1H3. The summed E-state index contributed by atoms with van der Waals surface area (Å²) in [5.74, 6) is -0.266. The van der Waals surface area contributed by atoms with Crippen LogP contribution in [0.1, 0.15) is 16.6 Å². The molecule has 0 saturated heterocycles. The molecule has 16 heavy (non-hydrogen) atoms. The maximum Gasteiger partial charge on any atom is 0.348 e. The van der Waals surface area contributed by atoms with Crippen molar-refractivity contribution in [1.29, 1.82) is 0 Å². The Balaban J connectivity index is 2.52. The summed E-state index contributed by atoms with van der Waals surface area (Å²) < 4.78 is 7.01. The van der Waals surface area contributed by atoms with E-state index in [4.69, 9.17) is 10.5 Å². The van der Waals surface area contributed by atoms with Crippen LogP contribution >= 0.6 is 33.9 Å². The van der Waals surface area contributed by atoms with Crippen molar-refractivity contribution in [2.75, 3.05) is 12.3 Å². The van der Waals surface area contributed by atoms with Gasteiger partial charge in [-0.2, -0.15) is 0 Å². The van der Waals surface area contributed by atoms with Gasteiger partial charge >= 0.3 is 5.97 Å². The normalized spacial score (nSPS) is 10.6. The summed E-state index contributed by atoms with van der Waals surface area (Å²) in [5, 5.41) is 1.02. The molecule has 1 aromatic heterocycles. The summed E-state index contributed by atoms with van der Waals surface area (Å²) in [6.07, 6.45) is 0. The molecule has 0 amide bonds. The first kappa shape index (κ1) is 11.7. The van der Waals surface area contributed by atoms with Crippen molar-refractivity contribution in [1.82, 2.24) is 0 Å². The Morgan fingerprint density at radius 1 is 1.56 bits per heavy atom. The lowest BCUT2D eigenvalue weighted by Crippen LogP contribution is -2.01. The van der Waals surface area contributed by atoms with Gasteiger partial charge in [0.25, 0.3) is 0 Å². The fourth-order valence-electron chi connectivity index (χ4n) is 1.40. The number of benzene rings is 1. The number of thiophene rings is 1. The fourth-order valence-corrected chi connectivity index (χ4v) is 3.17. The van der Waals surface area contributed by atoms with E-state index in [0.29, 0.717) is 11.5 Å². The number of ether oxygens (including phenoxy) is 1. The van der Waals surface area contributed by atoms with E-state index in [1.165, 1.54) is 11.3 Å². The molecule has 3 nitrogen and oxygen atoms in total. The molecule has 1 heterocycles. The molecular weight excluding hydrogens is 337 g/mol. The van der Waals surface area contributed by atoms with E-state index in [1.54, 1.807) is 6.92 Å². The second kappa shape index (κ2) is 4.58. The lowest BCUT2D eigenvalue weighted by Gasteiger charge is -1.97. The summed E-state index contributed by atoms with van der Waals surface area (Å²) in [4.78, 5) is 12.2. The summed E-state index contributed by atoms with van der Waals surface area (Å²) in [5.41, 5.74) is 6.55. The van der Waals surface area contributed by atoms with Crippen molar-refractivity contribution >= 4 is 55.7 Å². The number of carbonyl (C=O) groups excluding carboxylic acids is 1. The molecule has 2 aromatic rings. The quantitative estimate of drug-likeness (QED) is 0.515. The number of hydrogen-bond acceptors (Lipinski definition) is 4. The number of nitrogen functional groups attached to an aromatic ring is 1. The number of hydrogen-bond donors (Lipinski definition) is 1. The number of esters is 1. The zero-order chi connectivity index (χ0) is 11.7. The molecule has 0 fully saturated rings.